The normalized spacial score (nSPS) is 22.2. The first kappa shape index (κ1) is 17.8. The molecule has 0 aromatic rings. The Bertz CT molecular complexity index is 363. The minimum absolute atomic E-state index is 0.0534. The predicted molar refractivity (Wildman–Crippen MR) is 75.3 cm³/mol. The van der Waals surface area contributed by atoms with E-state index in [1.165, 1.54) is 0 Å². The number of sulfone groups is 1. The second kappa shape index (κ2) is 8.29. The average molecular weight is 310 g/mol. The number of aliphatic hydroxyl groups excluding tert-OH is 2. The maximum Gasteiger partial charge on any atom is 0.150 e. The molecule has 1 rings (SSSR count). The van der Waals surface area contributed by atoms with Crippen molar-refractivity contribution in [2.75, 3.05) is 51.6 Å². The molecule has 1 aliphatic heterocycles. The molecule has 120 valence electrons. The molecule has 0 radical (unpaired) electrons. The van der Waals surface area contributed by atoms with Crippen LogP contribution in [0, 0.1) is 11.3 Å². The van der Waals surface area contributed by atoms with Gasteiger partial charge in [-0.05, 0) is 25.2 Å². The first-order chi connectivity index (χ1) is 9.49. The Morgan fingerprint density at radius 1 is 1.20 bits per heavy atom. The molecule has 1 aliphatic rings. The maximum atomic E-state index is 11.6. The van der Waals surface area contributed by atoms with Gasteiger partial charge in [0, 0.05) is 32.3 Å². The van der Waals surface area contributed by atoms with E-state index in [-0.39, 0.29) is 30.6 Å². The lowest BCUT2D eigenvalue weighted by Gasteiger charge is -2.35. The highest BCUT2D eigenvalue weighted by Gasteiger charge is 2.43. The summed E-state index contributed by atoms with van der Waals surface area (Å²) in [4.78, 5) is 0. The summed E-state index contributed by atoms with van der Waals surface area (Å²) in [5, 5.41) is 19.2. The van der Waals surface area contributed by atoms with E-state index in [2.05, 4.69) is 0 Å². The highest BCUT2D eigenvalue weighted by Crippen LogP contribution is 2.38. The number of methoxy groups -OCH3 is 1. The Hall–Kier alpha value is -0.210. The van der Waals surface area contributed by atoms with Crippen LogP contribution in [0.15, 0.2) is 0 Å². The summed E-state index contributed by atoms with van der Waals surface area (Å²) in [5.41, 5.74) is -0.759. The molecular weight excluding hydrogens is 284 g/mol. The molecule has 6 nitrogen and oxygen atoms in total. The topological polar surface area (TPSA) is 93.1 Å². The average Bonchev–Trinajstić information content (AvgIpc) is 2.79. The van der Waals surface area contributed by atoms with Crippen LogP contribution in [0.4, 0.5) is 0 Å². The minimum Gasteiger partial charge on any atom is -0.396 e. The van der Waals surface area contributed by atoms with E-state index >= 15 is 0 Å². The minimum atomic E-state index is -3.02. The lowest BCUT2D eigenvalue weighted by Crippen LogP contribution is -2.40. The molecule has 1 heterocycles. The summed E-state index contributed by atoms with van der Waals surface area (Å²) in [6.45, 7) is 1.16. The van der Waals surface area contributed by atoms with Crippen LogP contribution in [0.3, 0.4) is 0 Å². The number of hydrogen-bond acceptors (Lipinski definition) is 6. The monoisotopic (exact) mass is 310 g/mol. The van der Waals surface area contributed by atoms with E-state index in [1.54, 1.807) is 7.11 Å². The number of aliphatic hydroxyl groups is 2. The molecule has 0 aliphatic carbocycles. The molecule has 0 aromatic carbocycles. The fraction of sp³-hybridized carbons (Fsp3) is 1.00. The van der Waals surface area contributed by atoms with Gasteiger partial charge in [-0.3, -0.25) is 0 Å². The van der Waals surface area contributed by atoms with Gasteiger partial charge in [0.25, 0.3) is 0 Å². The van der Waals surface area contributed by atoms with Crippen LogP contribution in [-0.4, -0.2) is 70.3 Å². The zero-order valence-electron chi connectivity index (χ0n) is 12.1. The smallest absolute Gasteiger partial charge is 0.150 e. The summed E-state index contributed by atoms with van der Waals surface area (Å²) >= 11 is 0. The molecule has 0 saturated carbocycles. The summed E-state index contributed by atoms with van der Waals surface area (Å²) in [6, 6.07) is 0. The van der Waals surface area contributed by atoms with Crippen molar-refractivity contribution in [2.24, 2.45) is 11.3 Å². The van der Waals surface area contributed by atoms with Crippen LogP contribution in [0.2, 0.25) is 0 Å². The molecule has 1 saturated heterocycles. The zero-order chi connectivity index (χ0) is 15.1. The third-order valence-electron chi connectivity index (χ3n) is 4.11. The Labute approximate surface area is 121 Å². The van der Waals surface area contributed by atoms with Gasteiger partial charge in [-0.25, -0.2) is 8.42 Å². The second-order valence-corrected chi connectivity index (χ2v) is 7.72. The fourth-order valence-electron chi connectivity index (χ4n) is 2.63. The number of rotatable bonds is 10. The van der Waals surface area contributed by atoms with Crippen molar-refractivity contribution in [3.8, 4) is 0 Å². The molecule has 7 heteroatoms. The van der Waals surface area contributed by atoms with Crippen molar-refractivity contribution in [3.05, 3.63) is 0 Å². The van der Waals surface area contributed by atoms with E-state index in [9.17, 15) is 18.6 Å². The van der Waals surface area contributed by atoms with E-state index in [0.717, 1.165) is 6.42 Å². The fourth-order valence-corrected chi connectivity index (χ4v) is 4.57. The van der Waals surface area contributed by atoms with Gasteiger partial charge >= 0.3 is 0 Å². The Morgan fingerprint density at radius 3 is 2.40 bits per heavy atom. The molecule has 0 aromatic heterocycles. The van der Waals surface area contributed by atoms with Gasteiger partial charge in [0.15, 0.2) is 9.84 Å². The van der Waals surface area contributed by atoms with Crippen LogP contribution < -0.4 is 0 Å². The van der Waals surface area contributed by atoms with Gasteiger partial charge in [-0.2, -0.15) is 0 Å². The van der Waals surface area contributed by atoms with Gasteiger partial charge in [0.1, 0.15) is 0 Å². The van der Waals surface area contributed by atoms with E-state index < -0.39 is 15.3 Å². The van der Waals surface area contributed by atoms with Crippen molar-refractivity contribution in [2.45, 2.75) is 19.3 Å². The molecule has 1 fully saturated rings. The van der Waals surface area contributed by atoms with Gasteiger partial charge in [0.05, 0.1) is 24.7 Å². The largest absolute Gasteiger partial charge is 0.396 e. The highest BCUT2D eigenvalue weighted by atomic mass is 32.2. The number of hydrogen-bond donors (Lipinski definition) is 2. The summed E-state index contributed by atoms with van der Waals surface area (Å²) in [7, 11) is -1.39. The van der Waals surface area contributed by atoms with Crippen molar-refractivity contribution in [1.82, 2.24) is 0 Å². The molecule has 20 heavy (non-hydrogen) atoms. The quantitative estimate of drug-likeness (QED) is 0.545. The zero-order valence-corrected chi connectivity index (χ0v) is 12.9. The van der Waals surface area contributed by atoms with Crippen molar-refractivity contribution >= 4 is 9.84 Å². The summed E-state index contributed by atoms with van der Waals surface area (Å²) < 4.78 is 33.5. The van der Waals surface area contributed by atoms with Gasteiger partial charge in [-0.1, -0.05) is 0 Å². The summed E-state index contributed by atoms with van der Waals surface area (Å²) in [6.07, 6.45) is 1.76. The molecule has 0 amide bonds. The lowest BCUT2D eigenvalue weighted by atomic mass is 9.74. The Balaban J connectivity index is 2.46. The van der Waals surface area contributed by atoms with Crippen LogP contribution in [0.25, 0.3) is 0 Å². The van der Waals surface area contributed by atoms with Crippen LogP contribution in [0.5, 0.6) is 0 Å². The molecule has 0 bridgehead atoms. The van der Waals surface area contributed by atoms with E-state index in [0.29, 0.717) is 32.7 Å². The lowest BCUT2D eigenvalue weighted by molar-refractivity contribution is -0.0197. The van der Waals surface area contributed by atoms with Gasteiger partial charge in [0.2, 0.25) is 0 Å². The van der Waals surface area contributed by atoms with Crippen molar-refractivity contribution in [3.63, 3.8) is 0 Å². The highest BCUT2D eigenvalue weighted by molar-refractivity contribution is 7.91. The van der Waals surface area contributed by atoms with Crippen molar-refractivity contribution < 1.29 is 28.1 Å². The van der Waals surface area contributed by atoms with Gasteiger partial charge in [-0.15, -0.1) is 0 Å². The first-order valence-electron chi connectivity index (χ1n) is 6.98. The molecule has 1 unspecified atom stereocenters. The summed E-state index contributed by atoms with van der Waals surface area (Å²) in [5.74, 6) is 0.0106. The molecular formula is C13H26O6S. The van der Waals surface area contributed by atoms with Crippen LogP contribution >= 0.6 is 0 Å². The van der Waals surface area contributed by atoms with Crippen LogP contribution in [0.1, 0.15) is 19.3 Å². The molecule has 0 spiro atoms. The van der Waals surface area contributed by atoms with Crippen LogP contribution in [-0.2, 0) is 19.3 Å². The Morgan fingerprint density at radius 2 is 1.90 bits per heavy atom. The Kier molecular flexibility index (Phi) is 7.39. The molecule has 1 atom stereocenters. The van der Waals surface area contributed by atoms with Crippen molar-refractivity contribution in [1.29, 1.82) is 0 Å². The van der Waals surface area contributed by atoms with Gasteiger partial charge < -0.3 is 19.7 Å². The van der Waals surface area contributed by atoms with E-state index in [1.807, 2.05) is 0 Å². The van der Waals surface area contributed by atoms with E-state index in [4.69, 9.17) is 9.47 Å². The third-order valence-corrected chi connectivity index (χ3v) is 5.88. The third kappa shape index (κ3) is 4.96. The SMILES string of the molecule is COCCCOCCC(CO)(CO)C1CCS(=O)(=O)C1. The standard InChI is InChI=1S/C13H26O6S/c1-18-5-2-6-19-7-4-13(10-14,11-15)12-3-8-20(16,17)9-12/h12,14-15H,2-11H2,1H3. The second-order valence-electron chi connectivity index (χ2n) is 5.49. The first-order valence-corrected chi connectivity index (χ1v) is 8.80. The number of ether oxygens (including phenoxy) is 2. The molecule has 2 N–H and O–H groups in total. The maximum absolute atomic E-state index is 11.6. The predicted octanol–water partition coefficient (Wildman–Crippen LogP) is -0.165.